The molecule has 0 radical (unpaired) electrons. The molecule has 2 aromatic rings. The van der Waals surface area contributed by atoms with E-state index in [2.05, 4.69) is 0 Å². The number of aryl methyl sites for hydroxylation is 1. The molecule has 0 spiro atoms. The van der Waals surface area contributed by atoms with Gasteiger partial charge in [0.15, 0.2) is 11.6 Å². The van der Waals surface area contributed by atoms with Crippen LogP contribution >= 0.6 is 0 Å². The van der Waals surface area contributed by atoms with Crippen molar-refractivity contribution < 1.29 is 18.7 Å². The molecular weight excluding hydrogens is 309 g/mol. The standard InChI is InChI=1S/C19H22FNO3/c1-14-4-7-16(8-5-14)24-11-10-21(2)19(22)13-15-6-9-18(23-3)17(20)12-15/h4-9,12H,10-11,13H2,1-3H3. The molecule has 0 aliphatic carbocycles. The number of likely N-dealkylation sites (N-methyl/N-ethyl adjacent to an activating group) is 1. The van der Waals surface area contributed by atoms with Gasteiger partial charge in [0.1, 0.15) is 12.4 Å². The minimum atomic E-state index is -0.465. The first-order valence-corrected chi connectivity index (χ1v) is 7.75. The summed E-state index contributed by atoms with van der Waals surface area (Å²) in [5, 5.41) is 0. The van der Waals surface area contributed by atoms with E-state index in [0.29, 0.717) is 18.7 Å². The molecule has 24 heavy (non-hydrogen) atoms. The summed E-state index contributed by atoms with van der Waals surface area (Å²) in [6.07, 6.45) is 0.141. The lowest BCUT2D eigenvalue weighted by molar-refractivity contribution is -0.129. The smallest absolute Gasteiger partial charge is 0.226 e. The Balaban J connectivity index is 1.81. The van der Waals surface area contributed by atoms with Crippen LogP contribution in [-0.4, -0.2) is 38.1 Å². The molecule has 0 atom stereocenters. The third-order valence-corrected chi connectivity index (χ3v) is 3.71. The summed E-state index contributed by atoms with van der Waals surface area (Å²) < 4.78 is 24.1. The molecule has 0 aliphatic rings. The Morgan fingerprint density at radius 2 is 1.88 bits per heavy atom. The molecule has 0 aromatic heterocycles. The molecular formula is C19H22FNO3. The van der Waals surface area contributed by atoms with Crippen LogP contribution in [0.15, 0.2) is 42.5 Å². The maximum absolute atomic E-state index is 13.7. The van der Waals surface area contributed by atoms with Crippen LogP contribution in [0.2, 0.25) is 0 Å². The highest BCUT2D eigenvalue weighted by atomic mass is 19.1. The van der Waals surface area contributed by atoms with E-state index in [1.807, 2.05) is 31.2 Å². The van der Waals surface area contributed by atoms with E-state index in [1.54, 1.807) is 18.0 Å². The van der Waals surface area contributed by atoms with E-state index < -0.39 is 5.82 Å². The molecule has 0 heterocycles. The normalized spacial score (nSPS) is 10.3. The van der Waals surface area contributed by atoms with Gasteiger partial charge in [-0.15, -0.1) is 0 Å². The van der Waals surface area contributed by atoms with Crippen LogP contribution in [0.4, 0.5) is 4.39 Å². The molecule has 0 fully saturated rings. The number of rotatable bonds is 7. The van der Waals surface area contributed by atoms with Crippen molar-refractivity contribution in [3.05, 3.63) is 59.4 Å². The lowest BCUT2D eigenvalue weighted by Gasteiger charge is -2.18. The molecule has 0 N–H and O–H groups in total. The Morgan fingerprint density at radius 1 is 1.17 bits per heavy atom. The Bertz CT molecular complexity index is 686. The summed E-state index contributed by atoms with van der Waals surface area (Å²) in [6.45, 7) is 2.88. The van der Waals surface area contributed by atoms with Crippen molar-refractivity contribution >= 4 is 5.91 Å². The first-order valence-electron chi connectivity index (χ1n) is 7.75. The number of nitrogens with zero attached hydrogens (tertiary/aromatic N) is 1. The van der Waals surface area contributed by atoms with Crippen molar-refractivity contribution in [3.8, 4) is 11.5 Å². The summed E-state index contributed by atoms with van der Waals surface area (Å²) in [6, 6.07) is 12.3. The lowest BCUT2D eigenvalue weighted by atomic mass is 10.1. The number of amides is 1. The predicted octanol–water partition coefficient (Wildman–Crippen LogP) is 3.22. The molecule has 2 rings (SSSR count). The first kappa shape index (κ1) is 17.8. The van der Waals surface area contributed by atoms with Gasteiger partial charge in [-0.1, -0.05) is 23.8 Å². The minimum Gasteiger partial charge on any atom is -0.494 e. The van der Waals surface area contributed by atoms with Crippen molar-refractivity contribution in [1.29, 1.82) is 0 Å². The third kappa shape index (κ3) is 4.98. The van der Waals surface area contributed by atoms with Gasteiger partial charge in [-0.2, -0.15) is 0 Å². The maximum Gasteiger partial charge on any atom is 0.226 e. The number of hydrogen-bond donors (Lipinski definition) is 0. The number of benzene rings is 2. The van der Waals surface area contributed by atoms with E-state index in [0.717, 1.165) is 5.75 Å². The van der Waals surface area contributed by atoms with Crippen molar-refractivity contribution in [2.75, 3.05) is 27.3 Å². The monoisotopic (exact) mass is 331 g/mol. The van der Waals surface area contributed by atoms with Gasteiger partial charge in [0.2, 0.25) is 5.91 Å². The highest BCUT2D eigenvalue weighted by molar-refractivity contribution is 5.78. The summed E-state index contributed by atoms with van der Waals surface area (Å²) in [7, 11) is 3.12. The van der Waals surface area contributed by atoms with Crippen molar-refractivity contribution in [2.24, 2.45) is 0 Å². The molecule has 0 saturated heterocycles. The van der Waals surface area contributed by atoms with Gasteiger partial charge >= 0.3 is 0 Å². The second-order valence-electron chi connectivity index (χ2n) is 5.62. The lowest BCUT2D eigenvalue weighted by Crippen LogP contribution is -2.32. The molecule has 128 valence electrons. The number of methoxy groups -OCH3 is 1. The highest BCUT2D eigenvalue weighted by Gasteiger charge is 2.12. The molecule has 0 aliphatic heterocycles. The SMILES string of the molecule is COc1ccc(CC(=O)N(C)CCOc2ccc(C)cc2)cc1F. The quantitative estimate of drug-likeness (QED) is 0.782. The molecule has 0 saturated carbocycles. The summed E-state index contributed by atoms with van der Waals surface area (Å²) in [5.41, 5.74) is 1.78. The fraction of sp³-hybridized carbons (Fsp3) is 0.316. The van der Waals surface area contributed by atoms with Crippen LogP contribution < -0.4 is 9.47 Å². The molecule has 2 aromatic carbocycles. The molecule has 4 nitrogen and oxygen atoms in total. The first-order chi connectivity index (χ1) is 11.5. The van der Waals surface area contributed by atoms with Crippen LogP contribution in [0.3, 0.4) is 0 Å². The van der Waals surface area contributed by atoms with Crippen molar-refractivity contribution in [2.45, 2.75) is 13.3 Å². The van der Waals surface area contributed by atoms with E-state index in [1.165, 1.54) is 24.8 Å². The largest absolute Gasteiger partial charge is 0.494 e. The third-order valence-electron chi connectivity index (χ3n) is 3.71. The van der Waals surface area contributed by atoms with E-state index in [4.69, 9.17) is 9.47 Å². The number of ether oxygens (including phenoxy) is 2. The van der Waals surface area contributed by atoms with Gasteiger partial charge in [0.25, 0.3) is 0 Å². The fourth-order valence-corrected chi connectivity index (χ4v) is 2.19. The van der Waals surface area contributed by atoms with Crippen LogP contribution in [0.5, 0.6) is 11.5 Å². The Morgan fingerprint density at radius 3 is 2.50 bits per heavy atom. The highest BCUT2D eigenvalue weighted by Crippen LogP contribution is 2.18. The number of carbonyl (C=O) groups is 1. The van der Waals surface area contributed by atoms with Crippen molar-refractivity contribution in [1.82, 2.24) is 4.90 Å². The summed E-state index contributed by atoms with van der Waals surface area (Å²) in [4.78, 5) is 13.8. The van der Waals surface area contributed by atoms with Gasteiger partial charge in [-0.3, -0.25) is 4.79 Å². The van der Waals surface area contributed by atoms with Gasteiger partial charge in [0, 0.05) is 7.05 Å². The van der Waals surface area contributed by atoms with Crippen LogP contribution in [-0.2, 0) is 11.2 Å². The zero-order valence-corrected chi connectivity index (χ0v) is 14.2. The van der Waals surface area contributed by atoms with Gasteiger partial charge < -0.3 is 14.4 Å². The van der Waals surface area contributed by atoms with Crippen LogP contribution in [0.1, 0.15) is 11.1 Å². The zero-order chi connectivity index (χ0) is 17.5. The second kappa shape index (κ2) is 8.34. The number of carbonyl (C=O) groups excluding carboxylic acids is 1. The minimum absolute atomic E-state index is 0.0907. The second-order valence-corrected chi connectivity index (χ2v) is 5.62. The van der Waals surface area contributed by atoms with Crippen LogP contribution in [0, 0.1) is 12.7 Å². The van der Waals surface area contributed by atoms with Crippen molar-refractivity contribution in [3.63, 3.8) is 0 Å². The summed E-state index contributed by atoms with van der Waals surface area (Å²) in [5.74, 6) is 0.393. The van der Waals surface area contributed by atoms with Gasteiger partial charge in [-0.25, -0.2) is 4.39 Å². The zero-order valence-electron chi connectivity index (χ0n) is 14.2. The Labute approximate surface area is 141 Å². The Kier molecular flexibility index (Phi) is 6.18. The summed E-state index contributed by atoms with van der Waals surface area (Å²) >= 11 is 0. The number of halogens is 1. The average Bonchev–Trinajstić information content (AvgIpc) is 2.56. The number of hydrogen-bond acceptors (Lipinski definition) is 3. The molecule has 0 unspecified atom stereocenters. The molecule has 1 amide bonds. The fourth-order valence-electron chi connectivity index (χ4n) is 2.19. The maximum atomic E-state index is 13.7. The average molecular weight is 331 g/mol. The van der Waals surface area contributed by atoms with Crippen LogP contribution in [0.25, 0.3) is 0 Å². The topological polar surface area (TPSA) is 38.8 Å². The van der Waals surface area contributed by atoms with Gasteiger partial charge in [-0.05, 0) is 36.8 Å². The molecule has 5 heteroatoms. The van der Waals surface area contributed by atoms with E-state index >= 15 is 0 Å². The predicted molar refractivity (Wildman–Crippen MR) is 91.0 cm³/mol. The van der Waals surface area contributed by atoms with E-state index in [9.17, 15) is 9.18 Å². The van der Waals surface area contributed by atoms with E-state index in [-0.39, 0.29) is 18.1 Å². The molecule has 0 bridgehead atoms. The Hall–Kier alpha value is -2.56. The van der Waals surface area contributed by atoms with Gasteiger partial charge in [0.05, 0.1) is 20.1 Å².